The highest BCUT2D eigenvalue weighted by atomic mass is 16.2. The summed E-state index contributed by atoms with van der Waals surface area (Å²) in [6, 6.07) is 0. The molecule has 0 aromatic carbocycles. The molecule has 2 N–H and O–H groups in total. The Balaban J connectivity index is 2.23. The number of carbonyl (C=O) groups excluding carboxylic acids is 1. The molecule has 0 bridgehead atoms. The summed E-state index contributed by atoms with van der Waals surface area (Å²) in [6.07, 6.45) is 3.09. The maximum atomic E-state index is 11.4. The van der Waals surface area contributed by atoms with Crippen molar-refractivity contribution in [3.05, 3.63) is 0 Å². The van der Waals surface area contributed by atoms with E-state index in [4.69, 9.17) is 5.73 Å². The Morgan fingerprint density at radius 2 is 2.27 bits per heavy atom. The summed E-state index contributed by atoms with van der Waals surface area (Å²) in [4.78, 5) is 15.4. The van der Waals surface area contributed by atoms with E-state index in [1.54, 1.807) is 19.0 Å². The predicted molar refractivity (Wildman–Crippen MR) is 61.5 cm³/mol. The molecule has 1 atom stereocenters. The topological polar surface area (TPSA) is 49.6 Å². The van der Waals surface area contributed by atoms with Crippen molar-refractivity contribution in [1.82, 2.24) is 9.80 Å². The maximum absolute atomic E-state index is 11.4. The molecule has 0 aromatic heterocycles. The Bertz CT molecular complexity index is 206. The first kappa shape index (κ1) is 12.5. The SMILES string of the molecule is CN(C)C(=O)CCN1CCCC(CN)C1. The van der Waals surface area contributed by atoms with Gasteiger partial charge in [0.25, 0.3) is 0 Å². The van der Waals surface area contributed by atoms with Gasteiger partial charge in [0, 0.05) is 33.6 Å². The molecule has 0 saturated carbocycles. The van der Waals surface area contributed by atoms with E-state index in [1.165, 1.54) is 12.8 Å². The van der Waals surface area contributed by atoms with Gasteiger partial charge in [0.05, 0.1) is 0 Å². The molecule has 0 spiro atoms. The molecule has 0 aromatic rings. The summed E-state index contributed by atoms with van der Waals surface area (Å²) in [5.41, 5.74) is 5.67. The van der Waals surface area contributed by atoms with Crippen LogP contribution in [0.2, 0.25) is 0 Å². The number of nitrogens with two attached hydrogens (primary N) is 1. The lowest BCUT2D eigenvalue weighted by atomic mass is 9.98. The van der Waals surface area contributed by atoms with Crippen molar-refractivity contribution in [2.24, 2.45) is 11.7 Å². The Morgan fingerprint density at radius 1 is 1.53 bits per heavy atom. The van der Waals surface area contributed by atoms with Crippen molar-refractivity contribution in [3.63, 3.8) is 0 Å². The van der Waals surface area contributed by atoms with Crippen molar-refractivity contribution in [2.75, 3.05) is 40.3 Å². The molecule has 88 valence electrons. The Morgan fingerprint density at radius 3 is 2.87 bits per heavy atom. The first-order valence-corrected chi connectivity index (χ1v) is 5.76. The van der Waals surface area contributed by atoms with Crippen molar-refractivity contribution in [3.8, 4) is 0 Å². The van der Waals surface area contributed by atoms with Gasteiger partial charge in [0.2, 0.25) is 5.91 Å². The molecule has 4 heteroatoms. The molecular weight excluding hydrogens is 190 g/mol. The fourth-order valence-corrected chi connectivity index (χ4v) is 2.02. The number of hydrogen-bond donors (Lipinski definition) is 1. The minimum Gasteiger partial charge on any atom is -0.349 e. The Kier molecular flexibility index (Phi) is 5.05. The molecular formula is C11H23N3O. The van der Waals surface area contributed by atoms with E-state index >= 15 is 0 Å². The van der Waals surface area contributed by atoms with Gasteiger partial charge in [0.15, 0.2) is 0 Å². The van der Waals surface area contributed by atoms with Crippen molar-refractivity contribution in [1.29, 1.82) is 0 Å². The monoisotopic (exact) mass is 213 g/mol. The Hall–Kier alpha value is -0.610. The van der Waals surface area contributed by atoms with Gasteiger partial charge in [-0.25, -0.2) is 0 Å². The number of piperidine rings is 1. The molecule has 1 fully saturated rings. The average molecular weight is 213 g/mol. The second-order valence-corrected chi connectivity index (χ2v) is 4.58. The van der Waals surface area contributed by atoms with Crippen molar-refractivity contribution >= 4 is 5.91 Å². The number of amides is 1. The number of likely N-dealkylation sites (tertiary alicyclic amines) is 1. The van der Waals surface area contributed by atoms with Crippen LogP contribution in [0.15, 0.2) is 0 Å². The van der Waals surface area contributed by atoms with Crippen LogP contribution in [0.3, 0.4) is 0 Å². The predicted octanol–water partition coefficient (Wildman–Crippen LogP) is 0.135. The van der Waals surface area contributed by atoms with Gasteiger partial charge in [0.1, 0.15) is 0 Å². The van der Waals surface area contributed by atoms with Crippen LogP contribution in [0.5, 0.6) is 0 Å². The van der Waals surface area contributed by atoms with Gasteiger partial charge in [-0.2, -0.15) is 0 Å². The summed E-state index contributed by atoms with van der Waals surface area (Å²) in [5.74, 6) is 0.845. The number of carbonyl (C=O) groups is 1. The van der Waals surface area contributed by atoms with Crippen LogP contribution in [0.4, 0.5) is 0 Å². The molecule has 15 heavy (non-hydrogen) atoms. The number of hydrogen-bond acceptors (Lipinski definition) is 3. The molecule has 0 aliphatic carbocycles. The lowest BCUT2D eigenvalue weighted by Gasteiger charge is -2.32. The minimum absolute atomic E-state index is 0.213. The summed E-state index contributed by atoms with van der Waals surface area (Å²) in [6.45, 7) is 3.85. The summed E-state index contributed by atoms with van der Waals surface area (Å²) in [7, 11) is 3.61. The highest BCUT2D eigenvalue weighted by Crippen LogP contribution is 2.15. The average Bonchev–Trinajstić information content (AvgIpc) is 2.26. The van der Waals surface area contributed by atoms with Gasteiger partial charge >= 0.3 is 0 Å². The van der Waals surface area contributed by atoms with Gasteiger partial charge in [-0.3, -0.25) is 4.79 Å². The first-order valence-electron chi connectivity index (χ1n) is 5.76. The molecule has 1 rings (SSSR count). The molecule has 1 aliphatic heterocycles. The zero-order valence-electron chi connectivity index (χ0n) is 9.91. The zero-order valence-corrected chi connectivity index (χ0v) is 9.91. The largest absolute Gasteiger partial charge is 0.349 e. The van der Waals surface area contributed by atoms with Crippen LogP contribution in [-0.2, 0) is 4.79 Å². The van der Waals surface area contributed by atoms with Crippen LogP contribution in [0, 0.1) is 5.92 Å². The summed E-state index contributed by atoms with van der Waals surface area (Å²) >= 11 is 0. The third kappa shape index (κ3) is 4.18. The number of nitrogens with zero attached hydrogens (tertiary/aromatic N) is 2. The highest BCUT2D eigenvalue weighted by Gasteiger charge is 2.19. The van der Waals surface area contributed by atoms with Crippen LogP contribution >= 0.6 is 0 Å². The standard InChI is InChI=1S/C11H23N3O/c1-13(2)11(15)5-7-14-6-3-4-10(8-12)9-14/h10H,3-9,12H2,1-2H3. The third-order valence-corrected chi connectivity index (χ3v) is 3.08. The Labute approximate surface area is 92.4 Å². The van der Waals surface area contributed by atoms with Crippen LogP contribution in [0.1, 0.15) is 19.3 Å². The van der Waals surface area contributed by atoms with E-state index in [0.29, 0.717) is 12.3 Å². The normalized spacial score (nSPS) is 22.7. The highest BCUT2D eigenvalue weighted by molar-refractivity contribution is 5.75. The van der Waals surface area contributed by atoms with Gasteiger partial charge in [-0.1, -0.05) is 0 Å². The van der Waals surface area contributed by atoms with E-state index < -0.39 is 0 Å². The van der Waals surface area contributed by atoms with Gasteiger partial charge in [-0.05, 0) is 31.8 Å². The van der Waals surface area contributed by atoms with E-state index in [2.05, 4.69) is 4.90 Å². The molecule has 1 saturated heterocycles. The first-order chi connectivity index (χ1) is 7.13. The molecule has 0 radical (unpaired) electrons. The fraction of sp³-hybridized carbons (Fsp3) is 0.909. The fourth-order valence-electron chi connectivity index (χ4n) is 2.02. The minimum atomic E-state index is 0.213. The van der Waals surface area contributed by atoms with E-state index in [1.807, 2.05) is 0 Å². The second-order valence-electron chi connectivity index (χ2n) is 4.58. The van der Waals surface area contributed by atoms with E-state index in [-0.39, 0.29) is 5.91 Å². The second kappa shape index (κ2) is 6.08. The summed E-state index contributed by atoms with van der Waals surface area (Å²) in [5, 5.41) is 0. The molecule has 1 amide bonds. The summed E-state index contributed by atoms with van der Waals surface area (Å²) < 4.78 is 0. The molecule has 1 unspecified atom stereocenters. The maximum Gasteiger partial charge on any atom is 0.223 e. The smallest absolute Gasteiger partial charge is 0.223 e. The quantitative estimate of drug-likeness (QED) is 0.722. The van der Waals surface area contributed by atoms with Crippen molar-refractivity contribution in [2.45, 2.75) is 19.3 Å². The van der Waals surface area contributed by atoms with Crippen LogP contribution in [-0.4, -0.2) is 56.0 Å². The lowest BCUT2D eigenvalue weighted by Crippen LogP contribution is -2.40. The third-order valence-electron chi connectivity index (χ3n) is 3.08. The lowest BCUT2D eigenvalue weighted by molar-refractivity contribution is -0.129. The molecule has 1 aliphatic rings. The van der Waals surface area contributed by atoms with Crippen LogP contribution < -0.4 is 5.73 Å². The molecule has 1 heterocycles. The van der Waals surface area contributed by atoms with Gasteiger partial charge in [-0.15, -0.1) is 0 Å². The van der Waals surface area contributed by atoms with Crippen LogP contribution in [0.25, 0.3) is 0 Å². The van der Waals surface area contributed by atoms with E-state index in [0.717, 1.165) is 26.2 Å². The van der Waals surface area contributed by atoms with Gasteiger partial charge < -0.3 is 15.5 Å². The zero-order chi connectivity index (χ0) is 11.3. The van der Waals surface area contributed by atoms with Crippen molar-refractivity contribution < 1.29 is 4.79 Å². The molecule has 4 nitrogen and oxygen atoms in total. The number of rotatable bonds is 4. The van der Waals surface area contributed by atoms with E-state index in [9.17, 15) is 4.79 Å².